The first-order chi connectivity index (χ1) is 1.73. The molecule has 0 nitrogen and oxygen atoms in total. The molecule has 0 aliphatic carbocycles. The zero-order chi connectivity index (χ0) is 3.58. The summed E-state index contributed by atoms with van der Waals surface area (Å²) in [5.74, 6) is 0. The van der Waals surface area contributed by atoms with Gasteiger partial charge in [0.15, 0.2) is 0 Å². The van der Waals surface area contributed by atoms with Gasteiger partial charge in [-0.25, -0.2) is 0 Å². The summed E-state index contributed by atoms with van der Waals surface area (Å²) in [5.41, 5.74) is 0. The quantitative estimate of drug-likeness (QED) is 0.444. The van der Waals surface area contributed by atoms with Crippen molar-refractivity contribution in [1.82, 2.24) is 0 Å². The molecular formula is CH3Cl2Ti. The van der Waals surface area contributed by atoms with Crippen molar-refractivity contribution in [2.75, 3.05) is 0 Å². The summed E-state index contributed by atoms with van der Waals surface area (Å²) in [7, 11) is 10.4. The standard InChI is InChI=1S/CH3.2ClH.Ti/h1H3;2*1H;/q;;;+2/p-2. The number of hydrogen-bond donors (Lipinski definition) is 0. The van der Waals surface area contributed by atoms with E-state index in [1.807, 2.05) is 5.23 Å². The van der Waals surface area contributed by atoms with Gasteiger partial charge in [0.05, 0.1) is 0 Å². The van der Waals surface area contributed by atoms with E-state index in [0.717, 1.165) is 0 Å². The van der Waals surface area contributed by atoms with Gasteiger partial charge < -0.3 is 0 Å². The van der Waals surface area contributed by atoms with E-state index in [1.54, 1.807) is 0 Å². The van der Waals surface area contributed by atoms with Gasteiger partial charge in [0.25, 0.3) is 0 Å². The van der Waals surface area contributed by atoms with Crippen molar-refractivity contribution in [3.63, 3.8) is 0 Å². The molecule has 0 saturated carbocycles. The third-order valence-corrected chi connectivity index (χ3v) is 0. The predicted molar refractivity (Wildman–Crippen MR) is 17.6 cm³/mol. The van der Waals surface area contributed by atoms with Gasteiger partial charge in [-0.15, -0.1) is 0 Å². The van der Waals surface area contributed by atoms with E-state index in [0.29, 0.717) is 0 Å². The van der Waals surface area contributed by atoms with Gasteiger partial charge in [-0.3, -0.25) is 0 Å². The fourth-order valence-corrected chi connectivity index (χ4v) is 0. The van der Waals surface area contributed by atoms with E-state index in [1.165, 1.54) is 0 Å². The molecule has 0 amide bonds. The molecule has 0 N–H and O–H groups in total. The van der Waals surface area contributed by atoms with Crippen molar-refractivity contribution in [2.24, 2.45) is 0 Å². The number of halogens is 2. The minimum atomic E-state index is -1.39. The van der Waals surface area contributed by atoms with Crippen LogP contribution in [0.5, 0.6) is 0 Å². The second kappa shape index (κ2) is 2.53. The summed E-state index contributed by atoms with van der Waals surface area (Å²) in [6.07, 6.45) is 0. The second-order valence-electron chi connectivity index (χ2n) is 0.449. The molecule has 0 spiro atoms. The molecule has 0 heterocycles. The molecule has 0 aliphatic rings. The number of rotatable bonds is 0. The molecule has 0 fully saturated rings. The average molecular weight is 134 g/mol. The van der Waals surface area contributed by atoms with Crippen LogP contribution in [0, 0.1) is 0 Å². The molecule has 0 rings (SSSR count). The first-order valence-electron chi connectivity index (χ1n) is 0.878. The van der Waals surface area contributed by atoms with Crippen LogP contribution < -0.4 is 0 Å². The molecule has 0 saturated heterocycles. The van der Waals surface area contributed by atoms with Crippen LogP contribution in [0.3, 0.4) is 0 Å². The Morgan fingerprint density at radius 2 is 1.50 bits per heavy atom. The van der Waals surface area contributed by atoms with Crippen LogP contribution in [0.25, 0.3) is 0 Å². The molecule has 25 valence electrons. The SMILES string of the molecule is [CH3][Ti]([Cl])[Cl]. The fraction of sp³-hybridized carbons (Fsp3) is 1.00. The van der Waals surface area contributed by atoms with E-state index < -0.39 is 15.7 Å². The van der Waals surface area contributed by atoms with Gasteiger partial charge >= 0.3 is 39.6 Å². The maximum absolute atomic E-state index is 5.21. The molecule has 0 atom stereocenters. The third kappa shape index (κ3) is 10.4. The first kappa shape index (κ1) is 5.29. The molecule has 0 aromatic rings. The predicted octanol–water partition coefficient (Wildman–Crippen LogP) is 1.96. The Kier molecular flexibility index (Phi) is 3.34. The summed E-state index contributed by atoms with van der Waals surface area (Å²) in [5, 5.41) is 1.86. The maximum atomic E-state index is 5.21. The molecule has 3 heteroatoms. The van der Waals surface area contributed by atoms with Crippen molar-refractivity contribution in [1.29, 1.82) is 0 Å². The molecule has 0 aromatic carbocycles. The Morgan fingerprint density at radius 1 is 1.50 bits per heavy atom. The Labute approximate surface area is 39.7 Å². The second-order valence-corrected chi connectivity index (χ2v) is 7.33. The summed E-state index contributed by atoms with van der Waals surface area (Å²) in [6.45, 7) is 0. The number of hydrogen-bond acceptors (Lipinski definition) is 0. The molecule has 4 heavy (non-hydrogen) atoms. The monoisotopic (exact) mass is 133 g/mol. The summed E-state index contributed by atoms with van der Waals surface area (Å²) >= 11 is -1.39. The zero-order valence-electron chi connectivity index (χ0n) is 2.26. The topological polar surface area (TPSA) is 0 Å². The van der Waals surface area contributed by atoms with Crippen molar-refractivity contribution in [3.8, 4) is 0 Å². The minimum absolute atomic E-state index is 1.39. The van der Waals surface area contributed by atoms with Crippen LogP contribution >= 0.6 is 18.6 Å². The van der Waals surface area contributed by atoms with E-state index in [4.69, 9.17) is 18.6 Å². The van der Waals surface area contributed by atoms with Gasteiger partial charge in [-0.05, 0) is 0 Å². The normalized spacial score (nSPS) is 6.75. The Hall–Kier alpha value is 1.29. The molecule has 0 bridgehead atoms. The van der Waals surface area contributed by atoms with Crippen molar-refractivity contribution >= 4 is 18.6 Å². The van der Waals surface area contributed by atoms with Crippen LogP contribution in [0.4, 0.5) is 0 Å². The van der Waals surface area contributed by atoms with Crippen LogP contribution in [0.15, 0.2) is 0 Å². The van der Waals surface area contributed by atoms with Gasteiger partial charge in [0.1, 0.15) is 0 Å². The average Bonchev–Trinajstić information content (AvgIpc) is 0.811. The van der Waals surface area contributed by atoms with Crippen LogP contribution in [0.1, 0.15) is 0 Å². The third-order valence-electron chi connectivity index (χ3n) is 0. The van der Waals surface area contributed by atoms with Crippen molar-refractivity contribution < 1.29 is 15.7 Å². The summed E-state index contributed by atoms with van der Waals surface area (Å²) < 4.78 is 0. The molecule has 0 aliphatic heterocycles. The Morgan fingerprint density at radius 3 is 1.50 bits per heavy atom. The molecule has 0 aromatic heterocycles. The van der Waals surface area contributed by atoms with Crippen molar-refractivity contribution in [2.45, 2.75) is 5.23 Å². The Bertz CT molecular complexity index is 10.8. The van der Waals surface area contributed by atoms with Crippen molar-refractivity contribution in [3.05, 3.63) is 0 Å². The molecule has 0 unspecified atom stereocenters. The van der Waals surface area contributed by atoms with E-state index >= 15 is 0 Å². The van der Waals surface area contributed by atoms with E-state index in [-0.39, 0.29) is 0 Å². The zero-order valence-corrected chi connectivity index (χ0v) is 5.33. The molecular weight excluding hydrogens is 131 g/mol. The molecule has 0 radical (unpaired) electrons. The van der Waals surface area contributed by atoms with Gasteiger partial charge in [-0.1, -0.05) is 0 Å². The van der Waals surface area contributed by atoms with E-state index in [2.05, 4.69) is 0 Å². The van der Waals surface area contributed by atoms with E-state index in [9.17, 15) is 0 Å². The Balaban J connectivity index is 2.32. The van der Waals surface area contributed by atoms with Crippen LogP contribution in [0.2, 0.25) is 5.23 Å². The first-order valence-corrected chi connectivity index (χ1v) is 6.74. The summed E-state index contributed by atoms with van der Waals surface area (Å²) in [4.78, 5) is 0. The van der Waals surface area contributed by atoms with Crippen LogP contribution in [-0.4, -0.2) is 0 Å². The van der Waals surface area contributed by atoms with Gasteiger partial charge in [0, 0.05) is 0 Å². The van der Waals surface area contributed by atoms with Gasteiger partial charge in [-0.2, -0.15) is 0 Å². The summed E-state index contributed by atoms with van der Waals surface area (Å²) in [6, 6.07) is 0. The van der Waals surface area contributed by atoms with Crippen LogP contribution in [-0.2, 0) is 15.7 Å². The van der Waals surface area contributed by atoms with Gasteiger partial charge in [0.2, 0.25) is 0 Å². The fourth-order valence-electron chi connectivity index (χ4n) is 0.